The van der Waals surface area contributed by atoms with Gasteiger partial charge in [-0.05, 0) is 92.1 Å². The highest BCUT2D eigenvalue weighted by molar-refractivity contribution is 5.79. The highest BCUT2D eigenvalue weighted by Crippen LogP contribution is 2.26. The summed E-state index contributed by atoms with van der Waals surface area (Å²) in [4.78, 5) is 17.4. The third-order valence-corrected chi connectivity index (χ3v) is 7.08. The Bertz CT molecular complexity index is 1310. The number of aryl methyl sites for hydroxylation is 4. The summed E-state index contributed by atoms with van der Waals surface area (Å²) in [5.74, 6) is 1.15. The molecule has 4 aromatic rings. The van der Waals surface area contributed by atoms with Crippen LogP contribution in [0.15, 0.2) is 54.6 Å². The molecule has 0 bridgehead atoms. The number of benzene rings is 3. The van der Waals surface area contributed by atoms with Gasteiger partial charge in [-0.3, -0.25) is 4.79 Å². The van der Waals surface area contributed by atoms with Crippen LogP contribution in [0, 0.1) is 34.6 Å². The minimum absolute atomic E-state index is 0.0734. The first-order chi connectivity index (χ1) is 16.3. The fraction of sp³-hybridized carbons (Fsp3) is 0.333. The van der Waals surface area contributed by atoms with Crippen LogP contribution in [0.2, 0.25) is 0 Å². The second-order valence-electron chi connectivity index (χ2n) is 9.40. The van der Waals surface area contributed by atoms with E-state index in [0.29, 0.717) is 13.0 Å². The minimum atomic E-state index is 0.0734. The molecule has 4 rings (SSSR count). The van der Waals surface area contributed by atoms with Crippen molar-refractivity contribution in [1.29, 1.82) is 0 Å². The summed E-state index contributed by atoms with van der Waals surface area (Å²) in [5.41, 5.74) is 11.2. The van der Waals surface area contributed by atoms with Crippen molar-refractivity contribution < 1.29 is 4.79 Å². The number of carbonyl (C=O) groups excluding carboxylic acids is 1. The number of amides is 1. The topological polar surface area (TPSA) is 46.9 Å². The number of aromatic nitrogens is 2. The van der Waals surface area contributed by atoms with Crippen molar-refractivity contribution in [2.75, 3.05) is 6.54 Å². The van der Waals surface area contributed by atoms with Gasteiger partial charge in [-0.1, -0.05) is 42.5 Å². The van der Waals surface area contributed by atoms with E-state index in [1.165, 1.54) is 33.3 Å². The zero-order valence-corrected chi connectivity index (χ0v) is 21.0. The van der Waals surface area contributed by atoms with Crippen LogP contribution in [-0.4, -0.2) is 22.0 Å². The molecule has 0 unspecified atom stereocenters. The molecule has 0 aliphatic carbocycles. The lowest BCUT2D eigenvalue weighted by Gasteiger charge is -2.18. The van der Waals surface area contributed by atoms with Crippen LogP contribution in [0.5, 0.6) is 0 Å². The van der Waals surface area contributed by atoms with Gasteiger partial charge in [-0.15, -0.1) is 0 Å². The van der Waals surface area contributed by atoms with E-state index in [4.69, 9.17) is 4.98 Å². The Hall–Kier alpha value is -3.40. The Kier molecular flexibility index (Phi) is 7.16. The van der Waals surface area contributed by atoms with Gasteiger partial charge in [0.25, 0.3) is 0 Å². The molecule has 0 fully saturated rings. The van der Waals surface area contributed by atoms with Crippen LogP contribution in [-0.2, 0) is 24.2 Å². The first kappa shape index (κ1) is 23.7. The van der Waals surface area contributed by atoms with Gasteiger partial charge in [-0.2, -0.15) is 0 Å². The Morgan fingerprint density at radius 3 is 2.29 bits per heavy atom. The number of nitrogens with one attached hydrogen (secondary N) is 1. The molecule has 4 heteroatoms. The van der Waals surface area contributed by atoms with E-state index in [9.17, 15) is 4.79 Å². The van der Waals surface area contributed by atoms with Gasteiger partial charge >= 0.3 is 0 Å². The normalized spacial score (nSPS) is 11.2. The standard InChI is InChI=1S/C30H35N3O/c1-20-11-6-7-12-25(20)18-30(34)31-16-10-15-29-32-27-13-8-9-14-28(27)33(29)19-26-23(4)21(2)17-22(3)24(26)5/h6-9,11-14,17H,10,15-16,18-19H2,1-5H3,(H,31,34). The lowest BCUT2D eigenvalue weighted by Crippen LogP contribution is -2.26. The first-order valence-corrected chi connectivity index (χ1v) is 12.2. The van der Waals surface area contributed by atoms with E-state index >= 15 is 0 Å². The van der Waals surface area contributed by atoms with Crippen molar-refractivity contribution in [3.63, 3.8) is 0 Å². The number of rotatable bonds is 8. The van der Waals surface area contributed by atoms with Crippen molar-refractivity contribution in [3.05, 3.63) is 99.4 Å². The summed E-state index contributed by atoms with van der Waals surface area (Å²) in [6.07, 6.45) is 2.10. The molecule has 0 saturated heterocycles. The van der Waals surface area contributed by atoms with Crippen LogP contribution in [0.3, 0.4) is 0 Å². The predicted octanol–water partition coefficient (Wildman–Crippen LogP) is 5.92. The molecule has 0 aliphatic rings. The second kappa shape index (κ2) is 10.3. The highest BCUT2D eigenvalue weighted by Gasteiger charge is 2.15. The largest absolute Gasteiger partial charge is 0.356 e. The summed E-state index contributed by atoms with van der Waals surface area (Å²) >= 11 is 0. The summed E-state index contributed by atoms with van der Waals surface area (Å²) in [7, 11) is 0. The molecule has 4 nitrogen and oxygen atoms in total. The number of nitrogens with zero attached hydrogens (tertiary/aromatic N) is 2. The van der Waals surface area contributed by atoms with Gasteiger partial charge < -0.3 is 9.88 Å². The van der Waals surface area contributed by atoms with Gasteiger partial charge in [0, 0.05) is 19.5 Å². The lowest BCUT2D eigenvalue weighted by atomic mass is 9.94. The lowest BCUT2D eigenvalue weighted by molar-refractivity contribution is -0.120. The Balaban J connectivity index is 1.48. The van der Waals surface area contributed by atoms with Gasteiger partial charge in [-0.25, -0.2) is 4.98 Å². The van der Waals surface area contributed by atoms with Crippen molar-refractivity contribution in [2.45, 2.75) is 60.4 Å². The molecule has 1 N–H and O–H groups in total. The number of hydrogen-bond acceptors (Lipinski definition) is 2. The SMILES string of the molecule is Cc1ccccc1CC(=O)NCCCc1nc2ccccc2n1Cc1c(C)c(C)cc(C)c1C. The average Bonchev–Trinajstić information content (AvgIpc) is 3.17. The number of hydrogen-bond donors (Lipinski definition) is 1. The maximum absolute atomic E-state index is 12.4. The molecular formula is C30H35N3O. The molecule has 0 radical (unpaired) electrons. The molecule has 1 heterocycles. The summed E-state index contributed by atoms with van der Waals surface area (Å²) < 4.78 is 2.36. The van der Waals surface area contributed by atoms with E-state index < -0.39 is 0 Å². The third-order valence-electron chi connectivity index (χ3n) is 7.08. The van der Waals surface area contributed by atoms with Crippen LogP contribution in [0.1, 0.15) is 51.2 Å². The van der Waals surface area contributed by atoms with Gasteiger partial charge in [0.05, 0.1) is 17.5 Å². The van der Waals surface area contributed by atoms with E-state index in [1.54, 1.807) is 0 Å². The van der Waals surface area contributed by atoms with E-state index in [0.717, 1.165) is 41.9 Å². The smallest absolute Gasteiger partial charge is 0.224 e. The predicted molar refractivity (Wildman–Crippen MR) is 140 cm³/mol. The fourth-order valence-electron chi connectivity index (χ4n) is 4.70. The Morgan fingerprint density at radius 2 is 1.56 bits per heavy atom. The van der Waals surface area contributed by atoms with E-state index in [2.05, 4.69) is 61.8 Å². The molecule has 1 aromatic heterocycles. The second-order valence-corrected chi connectivity index (χ2v) is 9.40. The molecule has 0 aliphatic heterocycles. The van der Waals surface area contributed by atoms with Gasteiger partial charge in [0.1, 0.15) is 5.82 Å². The van der Waals surface area contributed by atoms with Crippen molar-refractivity contribution in [3.8, 4) is 0 Å². The van der Waals surface area contributed by atoms with Crippen LogP contribution >= 0.6 is 0 Å². The van der Waals surface area contributed by atoms with E-state index in [-0.39, 0.29) is 5.91 Å². The molecule has 0 atom stereocenters. The number of fused-ring (bicyclic) bond motifs is 1. The fourth-order valence-corrected chi connectivity index (χ4v) is 4.70. The quantitative estimate of drug-likeness (QED) is 0.337. The van der Waals surface area contributed by atoms with Crippen molar-refractivity contribution in [2.24, 2.45) is 0 Å². The minimum Gasteiger partial charge on any atom is -0.356 e. The Labute approximate surface area is 203 Å². The zero-order chi connectivity index (χ0) is 24.2. The maximum Gasteiger partial charge on any atom is 0.224 e. The monoisotopic (exact) mass is 453 g/mol. The zero-order valence-electron chi connectivity index (χ0n) is 21.0. The molecule has 34 heavy (non-hydrogen) atoms. The Morgan fingerprint density at radius 1 is 0.882 bits per heavy atom. The van der Waals surface area contributed by atoms with Crippen molar-refractivity contribution in [1.82, 2.24) is 14.9 Å². The highest BCUT2D eigenvalue weighted by atomic mass is 16.1. The summed E-state index contributed by atoms with van der Waals surface area (Å²) in [5, 5.41) is 3.09. The first-order valence-electron chi connectivity index (χ1n) is 12.2. The molecule has 1 amide bonds. The maximum atomic E-state index is 12.4. The molecule has 0 spiro atoms. The van der Waals surface area contributed by atoms with Crippen LogP contribution in [0.25, 0.3) is 11.0 Å². The molecule has 176 valence electrons. The van der Waals surface area contributed by atoms with Gasteiger partial charge in [0.15, 0.2) is 0 Å². The number of para-hydroxylation sites is 2. The summed E-state index contributed by atoms with van der Waals surface area (Å²) in [6.45, 7) is 12.3. The van der Waals surface area contributed by atoms with Crippen LogP contribution in [0.4, 0.5) is 0 Å². The molecular weight excluding hydrogens is 418 g/mol. The van der Waals surface area contributed by atoms with Crippen molar-refractivity contribution >= 4 is 16.9 Å². The number of carbonyl (C=O) groups is 1. The average molecular weight is 454 g/mol. The van der Waals surface area contributed by atoms with E-state index in [1.807, 2.05) is 37.3 Å². The molecule has 0 saturated carbocycles. The third kappa shape index (κ3) is 5.06. The summed E-state index contributed by atoms with van der Waals surface area (Å²) in [6, 6.07) is 18.7. The van der Waals surface area contributed by atoms with Gasteiger partial charge in [0.2, 0.25) is 5.91 Å². The number of imidazole rings is 1. The molecule has 3 aromatic carbocycles. The van der Waals surface area contributed by atoms with Crippen LogP contribution < -0.4 is 5.32 Å².